The van der Waals surface area contributed by atoms with E-state index in [0.717, 1.165) is 18.7 Å². The van der Waals surface area contributed by atoms with Crippen LogP contribution in [0.3, 0.4) is 0 Å². The van der Waals surface area contributed by atoms with Crippen LogP contribution in [0.1, 0.15) is 12.5 Å². The van der Waals surface area contributed by atoms with Gasteiger partial charge in [-0.25, -0.2) is 0 Å². The first kappa shape index (κ1) is 13.0. The van der Waals surface area contributed by atoms with E-state index in [9.17, 15) is 0 Å². The van der Waals surface area contributed by atoms with Gasteiger partial charge < -0.3 is 4.74 Å². The van der Waals surface area contributed by atoms with Crippen LogP contribution < -0.4 is 0 Å². The molecule has 0 saturated carbocycles. The molecule has 2 rings (SSSR count). The molecule has 18 heavy (non-hydrogen) atoms. The number of nitrogens with zero attached hydrogens (tertiary/aromatic N) is 2. The minimum Gasteiger partial charge on any atom is -0.383 e. The Morgan fingerprint density at radius 2 is 2.11 bits per heavy atom. The Kier molecular flexibility index (Phi) is 4.28. The van der Waals surface area contributed by atoms with E-state index in [1.165, 1.54) is 10.9 Å². The molecule has 96 valence electrons. The van der Waals surface area contributed by atoms with Gasteiger partial charge in [-0.3, -0.25) is 9.88 Å². The van der Waals surface area contributed by atoms with Gasteiger partial charge in [0.2, 0.25) is 0 Å². The van der Waals surface area contributed by atoms with Crippen molar-refractivity contribution in [1.29, 1.82) is 0 Å². The third-order valence-corrected chi connectivity index (χ3v) is 3.24. The molecule has 3 heteroatoms. The minimum absolute atomic E-state index is 0.404. The monoisotopic (exact) mass is 244 g/mol. The van der Waals surface area contributed by atoms with Crippen LogP contribution in [0.2, 0.25) is 0 Å². The summed E-state index contributed by atoms with van der Waals surface area (Å²) in [6.07, 6.45) is 1.96. The van der Waals surface area contributed by atoms with E-state index in [4.69, 9.17) is 4.74 Å². The van der Waals surface area contributed by atoms with Crippen LogP contribution in [0, 0.1) is 0 Å². The fraction of sp³-hybridized carbons (Fsp3) is 0.400. The molecular weight excluding hydrogens is 224 g/mol. The topological polar surface area (TPSA) is 25.4 Å². The van der Waals surface area contributed by atoms with Crippen LogP contribution in [-0.2, 0) is 11.3 Å². The molecule has 1 aromatic heterocycles. The van der Waals surface area contributed by atoms with Crippen molar-refractivity contribution in [3.8, 4) is 0 Å². The van der Waals surface area contributed by atoms with Crippen molar-refractivity contribution in [2.24, 2.45) is 0 Å². The first-order valence-electron chi connectivity index (χ1n) is 6.23. The average Bonchev–Trinajstić information content (AvgIpc) is 2.39. The molecule has 3 nitrogen and oxygen atoms in total. The van der Waals surface area contributed by atoms with Gasteiger partial charge in [-0.15, -0.1) is 0 Å². The fourth-order valence-electron chi connectivity index (χ4n) is 2.02. The van der Waals surface area contributed by atoms with E-state index in [1.54, 1.807) is 7.11 Å². The van der Waals surface area contributed by atoms with Gasteiger partial charge in [-0.1, -0.05) is 18.2 Å². The molecule has 1 heterocycles. The zero-order valence-electron chi connectivity index (χ0n) is 11.3. The Labute approximate surface area is 108 Å². The molecular formula is C15H20N2O. The Hall–Kier alpha value is -1.45. The van der Waals surface area contributed by atoms with Crippen LogP contribution in [0.15, 0.2) is 36.5 Å². The molecule has 2 aromatic rings. The summed E-state index contributed by atoms with van der Waals surface area (Å²) < 4.78 is 5.18. The lowest BCUT2D eigenvalue weighted by molar-refractivity contribution is 0.112. The molecule has 0 aliphatic carbocycles. The van der Waals surface area contributed by atoms with Crippen molar-refractivity contribution in [3.05, 3.63) is 42.1 Å². The number of aromatic nitrogens is 1. The van der Waals surface area contributed by atoms with E-state index in [2.05, 4.69) is 36.0 Å². The lowest BCUT2D eigenvalue weighted by atomic mass is 10.1. The largest absolute Gasteiger partial charge is 0.383 e. The second-order valence-electron chi connectivity index (χ2n) is 4.76. The van der Waals surface area contributed by atoms with Crippen molar-refractivity contribution in [1.82, 2.24) is 9.88 Å². The summed E-state index contributed by atoms with van der Waals surface area (Å²) in [6.45, 7) is 3.80. The highest BCUT2D eigenvalue weighted by Gasteiger charge is 2.09. The Morgan fingerprint density at radius 1 is 1.33 bits per heavy atom. The molecule has 0 aliphatic rings. The Bertz CT molecular complexity index is 513. The maximum Gasteiger partial charge on any atom is 0.0702 e. The highest BCUT2D eigenvalue weighted by atomic mass is 16.5. The van der Waals surface area contributed by atoms with Crippen molar-refractivity contribution in [3.63, 3.8) is 0 Å². The van der Waals surface area contributed by atoms with Crippen molar-refractivity contribution in [2.75, 3.05) is 20.8 Å². The summed E-state index contributed by atoms with van der Waals surface area (Å²) in [7, 11) is 3.85. The average molecular weight is 244 g/mol. The third-order valence-electron chi connectivity index (χ3n) is 3.24. The van der Waals surface area contributed by atoms with Crippen LogP contribution in [0.4, 0.5) is 0 Å². The summed E-state index contributed by atoms with van der Waals surface area (Å²) in [5, 5.41) is 1.20. The van der Waals surface area contributed by atoms with E-state index < -0.39 is 0 Å². The maximum atomic E-state index is 5.18. The van der Waals surface area contributed by atoms with E-state index in [-0.39, 0.29) is 0 Å². The van der Waals surface area contributed by atoms with Crippen LogP contribution in [-0.4, -0.2) is 36.7 Å². The number of rotatable bonds is 5. The summed E-state index contributed by atoms with van der Waals surface area (Å²) >= 11 is 0. The lowest BCUT2D eigenvalue weighted by Crippen LogP contribution is -2.32. The second-order valence-corrected chi connectivity index (χ2v) is 4.76. The predicted octanol–water partition coefficient (Wildman–Crippen LogP) is 2.70. The number of ether oxygens (including phenoxy) is 1. The zero-order valence-corrected chi connectivity index (χ0v) is 11.3. The first-order valence-corrected chi connectivity index (χ1v) is 6.23. The van der Waals surface area contributed by atoms with E-state index in [0.29, 0.717) is 6.04 Å². The maximum absolute atomic E-state index is 5.18. The van der Waals surface area contributed by atoms with E-state index in [1.807, 2.05) is 24.4 Å². The molecule has 1 aromatic carbocycles. The Balaban J connectivity index is 2.12. The SMILES string of the molecule is COC[C@@H](C)N(C)Cc1cnc2ccccc2c1. The second kappa shape index (κ2) is 5.94. The molecule has 1 atom stereocenters. The number of likely N-dealkylation sites (N-methyl/N-ethyl adjacent to an activating group) is 1. The molecule has 0 radical (unpaired) electrons. The number of pyridine rings is 1. The van der Waals surface area contributed by atoms with Crippen molar-refractivity contribution >= 4 is 10.9 Å². The number of para-hydroxylation sites is 1. The predicted molar refractivity (Wildman–Crippen MR) is 74.5 cm³/mol. The van der Waals surface area contributed by atoms with Gasteiger partial charge in [0.05, 0.1) is 12.1 Å². The minimum atomic E-state index is 0.404. The lowest BCUT2D eigenvalue weighted by Gasteiger charge is -2.23. The third kappa shape index (κ3) is 3.06. The molecule has 0 N–H and O–H groups in total. The number of methoxy groups -OCH3 is 1. The molecule has 0 bridgehead atoms. The number of fused-ring (bicyclic) bond motifs is 1. The van der Waals surface area contributed by atoms with Crippen LogP contribution in [0.25, 0.3) is 10.9 Å². The molecule has 0 fully saturated rings. The number of benzene rings is 1. The molecule has 0 amide bonds. The summed E-state index contributed by atoms with van der Waals surface area (Å²) in [4.78, 5) is 6.75. The van der Waals surface area contributed by atoms with Gasteiger partial charge in [0, 0.05) is 31.3 Å². The normalized spacial score (nSPS) is 13.1. The van der Waals surface area contributed by atoms with Gasteiger partial charge in [-0.05, 0) is 31.7 Å². The highest BCUT2D eigenvalue weighted by molar-refractivity contribution is 5.78. The summed E-state index contributed by atoms with van der Waals surface area (Å²) in [5.74, 6) is 0. The quantitative estimate of drug-likeness (QED) is 0.808. The Morgan fingerprint density at radius 3 is 2.89 bits per heavy atom. The van der Waals surface area contributed by atoms with Crippen molar-refractivity contribution < 1.29 is 4.74 Å². The van der Waals surface area contributed by atoms with Gasteiger partial charge in [-0.2, -0.15) is 0 Å². The number of hydrogen-bond acceptors (Lipinski definition) is 3. The molecule has 0 aliphatic heterocycles. The van der Waals surface area contributed by atoms with Gasteiger partial charge >= 0.3 is 0 Å². The summed E-state index contributed by atoms with van der Waals surface area (Å²) in [5.41, 5.74) is 2.29. The molecule has 0 saturated heterocycles. The smallest absolute Gasteiger partial charge is 0.0702 e. The van der Waals surface area contributed by atoms with Crippen LogP contribution >= 0.6 is 0 Å². The summed E-state index contributed by atoms with van der Waals surface area (Å²) in [6, 6.07) is 10.8. The standard InChI is InChI=1S/C15H20N2O/c1-12(11-18-3)17(2)10-13-8-14-6-4-5-7-15(14)16-9-13/h4-9,12H,10-11H2,1-3H3/t12-/m1/s1. The van der Waals surface area contributed by atoms with E-state index >= 15 is 0 Å². The van der Waals surface area contributed by atoms with Gasteiger partial charge in [0.1, 0.15) is 0 Å². The van der Waals surface area contributed by atoms with Crippen LogP contribution in [0.5, 0.6) is 0 Å². The highest BCUT2D eigenvalue weighted by Crippen LogP contribution is 2.14. The fourth-order valence-corrected chi connectivity index (χ4v) is 2.02. The van der Waals surface area contributed by atoms with Gasteiger partial charge in [0.15, 0.2) is 0 Å². The first-order chi connectivity index (χ1) is 8.70. The van der Waals surface area contributed by atoms with Crippen molar-refractivity contribution in [2.45, 2.75) is 19.5 Å². The number of hydrogen-bond donors (Lipinski definition) is 0. The van der Waals surface area contributed by atoms with Gasteiger partial charge in [0.25, 0.3) is 0 Å². The zero-order chi connectivity index (χ0) is 13.0. The molecule has 0 spiro atoms. The molecule has 0 unspecified atom stereocenters.